The topological polar surface area (TPSA) is 151 Å². The van der Waals surface area contributed by atoms with Gasteiger partial charge in [-0.05, 0) is 42.0 Å². The van der Waals surface area contributed by atoms with E-state index in [1.165, 1.54) is 6.07 Å². The zero-order chi connectivity index (χ0) is 31.4. The number of thiophene rings is 1. The number of aryl methyl sites for hydroxylation is 1. The Morgan fingerprint density at radius 2 is 1.98 bits per heavy atom. The Kier molecular flexibility index (Phi) is 7.62. The SMILES string of the molecule is N#Cc1c(N)sc2c(F)ccc(-c3c4c(c5c(NCc6noc7c6CCCC7)nc(OC[C@H]6COCCO6)nc5c3Cl)COC4)c12. The number of nitrogen functional groups attached to an aromatic ring is 1. The van der Waals surface area contributed by atoms with Crippen molar-refractivity contribution in [2.75, 3.05) is 37.5 Å². The number of rotatable bonds is 7. The smallest absolute Gasteiger partial charge is 0.319 e. The Balaban J connectivity index is 1.29. The summed E-state index contributed by atoms with van der Waals surface area (Å²) in [6.45, 7) is 2.50. The number of anilines is 2. The lowest BCUT2D eigenvalue weighted by Crippen LogP contribution is -2.33. The van der Waals surface area contributed by atoms with E-state index in [9.17, 15) is 5.26 Å². The summed E-state index contributed by atoms with van der Waals surface area (Å²) in [5.41, 5.74) is 11.6. The highest BCUT2D eigenvalue weighted by Gasteiger charge is 2.30. The van der Waals surface area contributed by atoms with Crippen LogP contribution < -0.4 is 15.8 Å². The molecular formula is C32H28ClFN6O5S. The van der Waals surface area contributed by atoms with Gasteiger partial charge in [-0.3, -0.25) is 0 Å². The lowest BCUT2D eigenvalue weighted by Gasteiger charge is -2.23. The lowest BCUT2D eigenvalue weighted by atomic mass is 9.91. The highest BCUT2D eigenvalue weighted by Crippen LogP contribution is 2.49. The number of halogens is 2. The molecule has 2 aromatic carbocycles. The molecule has 46 heavy (non-hydrogen) atoms. The first-order valence-electron chi connectivity index (χ1n) is 15.1. The van der Waals surface area contributed by atoms with E-state index in [4.69, 9.17) is 50.8 Å². The molecule has 0 bridgehead atoms. The molecule has 1 saturated heterocycles. The molecular weight excluding hydrogens is 635 g/mol. The van der Waals surface area contributed by atoms with Gasteiger partial charge >= 0.3 is 6.01 Å². The van der Waals surface area contributed by atoms with Crippen LogP contribution in [0.1, 0.15) is 46.5 Å². The van der Waals surface area contributed by atoms with E-state index in [0.29, 0.717) is 64.6 Å². The van der Waals surface area contributed by atoms with E-state index >= 15 is 4.39 Å². The van der Waals surface area contributed by atoms with Crippen LogP contribution in [0.4, 0.5) is 15.2 Å². The van der Waals surface area contributed by atoms with E-state index in [2.05, 4.69) is 16.5 Å². The molecule has 0 saturated carbocycles. The fraction of sp³-hybridized carbons (Fsp3) is 0.375. The number of nitrogens with zero attached hydrogens (tertiary/aromatic N) is 4. The maximum absolute atomic E-state index is 15.0. The molecule has 1 aliphatic carbocycles. The van der Waals surface area contributed by atoms with Crippen LogP contribution in [0.25, 0.3) is 32.1 Å². The van der Waals surface area contributed by atoms with E-state index in [-0.39, 0.29) is 47.2 Å². The summed E-state index contributed by atoms with van der Waals surface area (Å²) < 4.78 is 44.3. The molecule has 2 aliphatic heterocycles. The van der Waals surface area contributed by atoms with Gasteiger partial charge < -0.3 is 34.5 Å². The predicted octanol–water partition coefficient (Wildman–Crippen LogP) is 6.06. The van der Waals surface area contributed by atoms with Crippen molar-refractivity contribution in [1.82, 2.24) is 15.1 Å². The van der Waals surface area contributed by atoms with E-state index in [1.807, 2.05) is 0 Å². The summed E-state index contributed by atoms with van der Waals surface area (Å²) in [6.07, 6.45) is 3.70. The van der Waals surface area contributed by atoms with E-state index < -0.39 is 5.82 Å². The molecule has 1 fully saturated rings. The molecule has 3 aliphatic rings. The number of benzene rings is 2. The number of nitrogens with two attached hydrogens (primary N) is 1. The summed E-state index contributed by atoms with van der Waals surface area (Å²) in [5.74, 6) is 0.980. The molecule has 0 spiro atoms. The highest BCUT2D eigenvalue weighted by atomic mass is 35.5. The number of ether oxygens (including phenoxy) is 4. The van der Waals surface area contributed by atoms with Gasteiger partial charge in [0.05, 0.1) is 65.8 Å². The van der Waals surface area contributed by atoms with Crippen LogP contribution in [0.15, 0.2) is 16.7 Å². The van der Waals surface area contributed by atoms with Crippen LogP contribution in [-0.2, 0) is 46.8 Å². The Labute approximate surface area is 271 Å². The minimum atomic E-state index is -0.463. The average Bonchev–Trinajstić information content (AvgIpc) is 3.81. The molecule has 236 valence electrons. The lowest BCUT2D eigenvalue weighted by molar-refractivity contribution is -0.102. The van der Waals surface area contributed by atoms with Gasteiger partial charge in [0.15, 0.2) is 0 Å². The van der Waals surface area contributed by atoms with Crippen LogP contribution >= 0.6 is 22.9 Å². The second-order valence-corrected chi connectivity index (χ2v) is 12.9. The van der Waals surface area contributed by atoms with Crippen LogP contribution in [0.2, 0.25) is 5.02 Å². The van der Waals surface area contributed by atoms with Crippen molar-refractivity contribution in [3.63, 3.8) is 0 Å². The van der Waals surface area contributed by atoms with Crippen molar-refractivity contribution in [2.24, 2.45) is 0 Å². The summed E-state index contributed by atoms with van der Waals surface area (Å²) in [5, 5.41) is 19.4. The second-order valence-electron chi connectivity index (χ2n) is 11.4. The summed E-state index contributed by atoms with van der Waals surface area (Å²) in [7, 11) is 0. The molecule has 14 heteroatoms. The summed E-state index contributed by atoms with van der Waals surface area (Å²) in [6, 6.07) is 5.24. The largest absolute Gasteiger partial charge is 0.461 e. The number of nitriles is 1. The highest BCUT2D eigenvalue weighted by molar-refractivity contribution is 7.23. The minimum absolute atomic E-state index is 0.0971. The first kappa shape index (κ1) is 29.3. The van der Waals surface area contributed by atoms with Gasteiger partial charge in [0.2, 0.25) is 0 Å². The number of hydrogen-bond donors (Lipinski definition) is 2. The van der Waals surface area contributed by atoms with Gasteiger partial charge in [-0.15, -0.1) is 11.3 Å². The maximum atomic E-state index is 15.0. The molecule has 0 unspecified atom stereocenters. The Bertz CT molecular complexity index is 2050. The maximum Gasteiger partial charge on any atom is 0.319 e. The first-order chi connectivity index (χ1) is 22.5. The van der Waals surface area contributed by atoms with Crippen molar-refractivity contribution in [2.45, 2.75) is 51.5 Å². The molecule has 5 aromatic rings. The summed E-state index contributed by atoms with van der Waals surface area (Å²) >= 11 is 8.32. The van der Waals surface area contributed by atoms with Crippen molar-refractivity contribution < 1.29 is 27.9 Å². The minimum Gasteiger partial charge on any atom is -0.461 e. The van der Waals surface area contributed by atoms with Crippen molar-refractivity contribution in [3.8, 4) is 23.2 Å². The van der Waals surface area contributed by atoms with Gasteiger partial charge in [0, 0.05) is 22.9 Å². The molecule has 0 amide bonds. The molecule has 1 atom stereocenters. The van der Waals surface area contributed by atoms with Crippen molar-refractivity contribution in [1.29, 1.82) is 5.26 Å². The van der Waals surface area contributed by atoms with Crippen molar-refractivity contribution in [3.05, 3.63) is 56.7 Å². The predicted molar refractivity (Wildman–Crippen MR) is 169 cm³/mol. The molecule has 8 rings (SSSR count). The molecule has 5 heterocycles. The Morgan fingerprint density at radius 1 is 1.11 bits per heavy atom. The second kappa shape index (κ2) is 11.9. The van der Waals surface area contributed by atoms with Crippen LogP contribution in [-0.4, -0.2) is 47.7 Å². The van der Waals surface area contributed by atoms with Gasteiger partial charge in [-0.1, -0.05) is 22.8 Å². The van der Waals surface area contributed by atoms with Crippen LogP contribution in [0.3, 0.4) is 0 Å². The molecule has 0 radical (unpaired) electrons. The Morgan fingerprint density at radius 3 is 2.83 bits per heavy atom. The van der Waals surface area contributed by atoms with Crippen molar-refractivity contribution >= 4 is 54.7 Å². The van der Waals surface area contributed by atoms with E-state index in [0.717, 1.165) is 65.2 Å². The zero-order valence-corrected chi connectivity index (χ0v) is 26.2. The average molecular weight is 663 g/mol. The summed E-state index contributed by atoms with van der Waals surface area (Å²) in [4.78, 5) is 9.58. The number of nitrogens with one attached hydrogen (secondary N) is 1. The van der Waals surface area contributed by atoms with Gasteiger partial charge in [0.1, 0.15) is 46.9 Å². The Hall–Kier alpha value is -4.06. The first-order valence-corrected chi connectivity index (χ1v) is 16.3. The monoisotopic (exact) mass is 662 g/mol. The van der Waals surface area contributed by atoms with Gasteiger partial charge in [-0.25, -0.2) is 4.39 Å². The third-order valence-corrected chi connectivity index (χ3v) is 10.1. The van der Waals surface area contributed by atoms with Crippen LogP contribution in [0.5, 0.6) is 6.01 Å². The zero-order valence-electron chi connectivity index (χ0n) is 24.6. The quantitative estimate of drug-likeness (QED) is 0.209. The molecule has 3 N–H and O–H groups in total. The fourth-order valence-electron chi connectivity index (χ4n) is 6.55. The third-order valence-electron chi connectivity index (χ3n) is 8.71. The van der Waals surface area contributed by atoms with E-state index in [1.54, 1.807) is 6.07 Å². The third kappa shape index (κ3) is 4.92. The normalized spacial score (nSPS) is 17.6. The molecule has 11 nitrogen and oxygen atoms in total. The van der Waals surface area contributed by atoms with Gasteiger partial charge in [-0.2, -0.15) is 15.2 Å². The molecule has 3 aromatic heterocycles. The van der Waals surface area contributed by atoms with Gasteiger partial charge in [0.25, 0.3) is 0 Å². The fourth-order valence-corrected chi connectivity index (χ4v) is 7.85. The standard InChI is InChI=1S/C32H28ClFN6O5S/c33-27-24(17-5-6-21(34)29-25(17)18(9-35)30(36)46-29)19-13-42-14-20(19)26-28(27)38-32(44-12-15-11-41-7-8-43-15)39-31(26)37-10-22-16-3-1-2-4-23(16)45-40-22/h5-6,15H,1-4,7-8,10-14,36H2,(H,37,38,39)/t15-/m1/s1. The number of aromatic nitrogens is 3. The number of hydrogen-bond acceptors (Lipinski definition) is 12. The number of fused-ring (bicyclic) bond motifs is 5. The van der Waals surface area contributed by atoms with Crippen LogP contribution in [0, 0.1) is 17.1 Å².